The number of esters is 1. The van der Waals surface area contributed by atoms with Crippen LogP contribution in [0.5, 0.6) is 5.75 Å². The molecule has 0 aromatic heterocycles. The van der Waals surface area contributed by atoms with Crippen molar-refractivity contribution in [3.05, 3.63) is 89.5 Å². The van der Waals surface area contributed by atoms with Crippen molar-refractivity contribution in [1.29, 1.82) is 0 Å². The summed E-state index contributed by atoms with van der Waals surface area (Å²) in [4.78, 5) is 24.6. The first-order chi connectivity index (χ1) is 16.9. The van der Waals surface area contributed by atoms with Crippen molar-refractivity contribution in [3.8, 4) is 5.75 Å². The van der Waals surface area contributed by atoms with Crippen LogP contribution in [0.1, 0.15) is 27.9 Å². The van der Waals surface area contributed by atoms with Crippen LogP contribution in [0, 0.1) is 0 Å². The molecule has 1 amide bonds. The van der Waals surface area contributed by atoms with E-state index >= 15 is 0 Å². The molecule has 35 heavy (non-hydrogen) atoms. The summed E-state index contributed by atoms with van der Waals surface area (Å²) in [5.74, 6) is -0.537. The highest BCUT2D eigenvalue weighted by Crippen LogP contribution is 2.31. The smallest absolute Gasteiger partial charge is 0.338 e. The molecule has 1 aliphatic rings. The molecular weight excluding hydrogens is 468 g/mol. The van der Waals surface area contributed by atoms with Gasteiger partial charge in [-0.15, -0.1) is 0 Å². The first kappa shape index (κ1) is 24.3. The summed E-state index contributed by atoms with van der Waals surface area (Å²) in [6.45, 7) is 0.165. The number of carbonyl (C=O) groups is 2. The maximum atomic E-state index is 13.2. The summed E-state index contributed by atoms with van der Waals surface area (Å²) >= 11 is 0. The van der Waals surface area contributed by atoms with Crippen LogP contribution >= 0.6 is 0 Å². The standard InChI is InChI=1S/C26H26N2O6S/c1-33-24-11-5-3-8-21(24)17-27-25(29)18-34-26(30)20-12-14-22(15-13-20)35(31,32)28-16-6-9-19-7-2-4-10-23(19)28/h2-5,7-8,10-15H,6,9,16-18H2,1H3,(H,27,29). The minimum absolute atomic E-state index is 0.0836. The minimum Gasteiger partial charge on any atom is -0.496 e. The van der Waals surface area contributed by atoms with Crippen LogP contribution in [0.15, 0.2) is 77.7 Å². The van der Waals surface area contributed by atoms with Gasteiger partial charge in [-0.05, 0) is 54.8 Å². The number of nitrogens with one attached hydrogen (secondary N) is 1. The first-order valence-corrected chi connectivity index (χ1v) is 12.6. The van der Waals surface area contributed by atoms with Gasteiger partial charge in [0.05, 0.1) is 23.3 Å². The molecule has 3 aromatic carbocycles. The van der Waals surface area contributed by atoms with Crippen molar-refractivity contribution in [2.24, 2.45) is 0 Å². The lowest BCUT2D eigenvalue weighted by Crippen LogP contribution is -2.35. The Morgan fingerprint density at radius 1 is 0.971 bits per heavy atom. The van der Waals surface area contributed by atoms with Crippen LogP contribution in [-0.4, -0.2) is 40.6 Å². The van der Waals surface area contributed by atoms with E-state index in [2.05, 4.69) is 5.32 Å². The monoisotopic (exact) mass is 494 g/mol. The van der Waals surface area contributed by atoms with E-state index in [0.717, 1.165) is 24.0 Å². The number of anilines is 1. The fourth-order valence-corrected chi connectivity index (χ4v) is 5.49. The van der Waals surface area contributed by atoms with E-state index in [-0.39, 0.29) is 17.0 Å². The van der Waals surface area contributed by atoms with Gasteiger partial charge in [0, 0.05) is 18.7 Å². The molecule has 0 saturated carbocycles. The highest BCUT2D eigenvalue weighted by atomic mass is 32.2. The molecule has 1 aliphatic heterocycles. The van der Waals surface area contributed by atoms with Gasteiger partial charge >= 0.3 is 5.97 Å². The van der Waals surface area contributed by atoms with Gasteiger partial charge in [-0.2, -0.15) is 0 Å². The van der Waals surface area contributed by atoms with E-state index in [1.807, 2.05) is 36.4 Å². The summed E-state index contributed by atoms with van der Waals surface area (Å²) in [5, 5.41) is 2.67. The van der Waals surface area contributed by atoms with E-state index in [4.69, 9.17) is 9.47 Å². The SMILES string of the molecule is COc1ccccc1CNC(=O)COC(=O)c1ccc(S(=O)(=O)N2CCCc3ccccc32)cc1. The summed E-state index contributed by atoms with van der Waals surface area (Å²) in [5.41, 5.74) is 2.62. The maximum Gasteiger partial charge on any atom is 0.338 e. The minimum atomic E-state index is -3.78. The first-order valence-electron chi connectivity index (χ1n) is 11.2. The van der Waals surface area contributed by atoms with Gasteiger partial charge in [-0.3, -0.25) is 9.10 Å². The second kappa shape index (κ2) is 10.6. The van der Waals surface area contributed by atoms with Gasteiger partial charge in [-0.25, -0.2) is 13.2 Å². The topological polar surface area (TPSA) is 102 Å². The molecule has 1 heterocycles. The molecule has 1 N–H and O–H groups in total. The Hall–Kier alpha value is -3.85. The molecule has 0 saturated heterocycles. The highest BCUT2D eigenvalue weighted by Gasteiger charge is 2.29. The number of methoxy groups -OCH3 is 1. The van der Waals surface area contributed by atoms with E-state index in [9.17, 15) is 18.0 Å². The molecule has 0 bridgehead atoms. The van der Waals surface area contributed by atoms with Crippen molar-refractivity contribution in [2.75, 3.05) is 24.6 Å². The van der Waals surface area contributed by atoms with Gasteiger partial charge in [-0.1, -0.05) is 36.4 Å². The number of aryl methyl sites for hydroxylation is 1. The Labute approximate surface area is 204 Å². The van der Waals surface area contributed by atoms with E-state index in [1.165, 1.54) is 28.6 Å². The molecule has 0 spiro atoms. The normalized spacial score (nSPS) is 13.0. The second-order valence-electron chi connectivity index (χ2n) is 8.00. The third-order valence-electron chi connectivity index (χ3n) is 5.75. The molecular formula is C26H26N2O6S. The van der Waals surface area contributed by atoms with Crippen LogP contribution in [-0.2, 0) is 32.5 Å². The fourth-order valence-electron chi connectivity index (χ4n) is 3.95. The number of benzene rings is 3. The van der Waals surface area contributed by atoms with E-state index < -0.39 is 28.5 Å². The van der Waals surface area contributed by atoms with Crippen molar-refractivity contribution in [1.82, 2.24) is 5.32 Å². The fraction of sp³-hybridized carbons (Fsp3) is 0.231. The lowest BCUT2D eigenvalue weighted by Gasteiger charge is -2.30. The number of para-hydroxylation sites is 2. The van der Waals surface area contributed by atoms with Crippen molar-refractivity contribution >= 4 is 27.6 Å². The molecule has 8 nitrogen and oxygen atoms in total. The Kier molecular flexibility index (Phi) is 7.36. The second-order valence-corrected chi connectivity index (χ2v) is 9.86. The maximum absolute atomic E-state index is 13.2. The van der Waals surface area contributed by atoms with Crippen molar-refractivity contribution in [3.63, 3.8) is 0 Å². The summed E-state index contributed by atoms with van der Waals surface area (Å²) in [6.07, 6.45) is 1.57. The quantitative estimate of drug-likeness (QED) is 0.482. The highest BCUT2D eigenvalue weighted by molar-refractivity contribution is 7.92. The lowest BCUT2D eigenvalue weighted by molar-refractivity contribution is -0.124. The van der Waals surface area contributed by atoms with Crippen LogP contribution < -0.4 is 14.4 Å². The Balaban J connectivity index is 1.35. The zero-order valence-electron chi connectivity index (χ0n) is 19.3. The molecule has 0 unspecified atom stereocenters. The summed E-state index contributed by atoms with van der Waals surface area (Å²) < 4.78 is 38.2. The third kappa shape index (κ3) is 5.46. The predicted octanol–water partition coefficient (Wildman–Crippen LogP) is 3.31. The van der Waals surface area contributed by atoms with Gasteiger partial charge in [0.25, 0.3) is 15.9 Å². The van der Waals surface area contributed by atoms with Gasteiger partial charge in [0.1, 0.15) is 5.75 Å². The Bertz CT molecular complexity index is 1320. The number of carbonyl (C=O) groups excluding carboxylic acids is 2. The number of amides is 1. The van der Waals surface area contributed by atoms with Crippen molar-refractivity contribution < 1.29 is 27.5 Å². The Morgan fingerprint density at radius 3 is 2.46 bits per heavy atom. The number of hydrogen-bond donors (Lipinski definition) is 1. The molecule has 0 aliphatic carbocycles. The predicted molar refractivity (Wildman–Crippen MR) is 131 cm³/mol. The van der Waals surface area contributed by atoms with Gasteiger partial charge in [0.2, 0.25) is 0 Å². The third-order valence-corrected chi connectivity index (χ3v) is 7.58. The zero-order chi connectivity index (χ0) is 24.8. The molecule has 182 valence electrons. The van der Waals surface area contributed by atoms with Gasteiger partial charge in [0.15, 0.2) is 6.61 Å². The molecule has 0 radical (unpaired) electrons. The number of ether oxygens (including phenoxy) is 2. The molecule has 4 rings (SSSR count). The average molecular weight is 495 g/mol. The number of sulfonamides is 1. The summed E-state index contributed by atoms with van der Waals surface area (Å²) in [7, 11) is -2.23. The number of nitrogens with zero attached hydrogens (tertiary/aromatic N) is 1. The number of rotatable bonds is 8. The molecule has 3 aromatic rings. The molecule has 9 heteroatoms. The lowest BCUT2D eigenvalue weighted by atomic mass is 10.0. The van der Waals surface area contributed by atoms with Gasteiger partial charge < -0.3 is 14.8 Å². The van der Waals surface area contributed by atoms with Crippen LogP contribution in [0.25, 0.3) is 0 Å². The van der Waals surface area contributed by atoms with Crippen LogP contribution in [0.3, 0.4) is 0 Å². The number of hydrogen-bond acceptors (Lipinski definition) is 6. The van der Waals surface area contributed by atoms with Crippen LogP contribution in [0.4, 0.5) is 5.69 Å². The van der Waals surface area contributed by atoms with Crippen LogP contribution in [0.2, 0.25) is 0 Å². The zero-order valence-corrected chi connectivity index (χ0v) is 20.1. The summed E-state index contributed by atoms with van der Waals surface area (Å²) in [6, 6.07) is 20.3. The number of fused-ring (bicyclic) bond motifs is 1. The van der Waals surface area contributed by atoms with E-state index in [0.29, 0.717) is 18.0 Å². The average Bonchev–Trinajstić information content (AvgIpc) is 2.90. The molecule has 0 atom stereocenters. The molecule has 0 fully saturated rings. The Morgan fingerprint density at radius 2 is 1.69 bits per heavy atom. The van der Waals surface area contributed by atoms with Crippen molar-refractivity contribution in [2.45, 2.75) is 24.3 Å². The van der Waals surface area contributed by atoms with E-state index in [1.54, 1.807) is 19.2 Å². The largest absolute Gasteiger partial charge is 0.496 e.